The average Bonchev–Trinajstić information content (AvgIpc) is 2.92. The van der Waals surface area contributed by atoms with Crippen LogP contribution >= 0.6 is 11.6 Å². The summed E-state index contributed by atoms with van der Waals surface area (Å²) in [5.74, 6) is 0.635. The number of benzene rings is 1. The number of likely N-dealkylation sites (tertiary alicyclic amines) is 1. The van der Waals surface area contributed by atoms with Crippen molar-refractivity contribution in [2.45, 2.75) is 44.9 Å². The van der Waals surface area contributed by atoms with Gasteiger partial charge in [0, 0.05) is 12.6 Å². The summed E-state index contributed by atoms with van der Waals surface area (Å²) < 4.78 is 5.59. The molecular weight excluding hydrogens is 288 g/mol. The van der Waals surface area contributed by atoms with Gasteiger partial charge in [0.25, 0.3) is 0 Å². The first-order valence-electron chi connectivity index (χ1n) is 7.59. The summed E-state index contributed by atoms with van der Waals surface area (Å²) in [5.41, 5.74) is 6.87. The zero-order chi connectivity index (χ0) is 15.4. The molecule has 0 saturated carbocycles. The topological polar surface area (TPSA) is 58.7 Å². The van der Waals surface area contributed by atoms with Gasteiger partial charge >= 0.3 is 0 Å². The Morgan fingerprint density at radius 1 is 1.33 bits per heavy atom. The Bertz CT molecular complexity index is 462. The molecule has 3 N–H and O–H groups in total. The Balaban J connectivity index is 2.00. The fourth-order valence-corrected chi connectivity index (χ4v) is 2.89. The lowest BCUT2D eigenvalue weighted by Gasteiger charge is -2.25. The van der Waals surface area contributed by atoms with E-state index in [-0.39, 0.29) is 12.1 Å². The first-order chi connectivity index (χ1) is 9.97. The minimum Gasteiger partial charge on any atom is -0.489 e. The third-order valence-corrected chi connectivity index (χ3v) is 4.03. The highest BCUT2D eigenvalue weighted by molar-refractivity contribution is 6.32. The van der Waals surface area contributed by atoms with Gasteiger partial charge in [-0.15, -0.1) is 0 Å². The molecule has 0 radical (unpaired) electrons. The van der Waals surface area contributed by atoms with E-state index in [0.29, 0.717) is 17.3 Å². The quantitative estimate of drug-likeness (QED) is 0.847. The van der Waals surface area contributed by atoms with Gasteiger partial charge in [0.15, 0.2) is 0 Å². The Kier molecular flexibility index (Phi) is 5.88. The average molecular weight is 313 g/mol. The van der Waals surface area contributed by atoms with Crippen LogP contribution in [-0.4, -0.2) is 41.8 Å². The number of rotatable bonds is 6. The smallest absolute Gasteiger partial charge is 0.138 e. The van der Waals surface area contributed by atoms with Gasteiger partial charge in [-0.3, -0.25) is 0 Å². The maximum atomic E-state index is 10.4. The van der Waals surface area contributed by atoms with Crippen LogP contribution in [0.15, 0.2) is 18.2 Å². The van der Waals surface area contributed by atoms with E-state index in [4.69, 9.17) is 22.1 Å². The third kappa shape index (κ3) is 4.58. The number of hydrogen-bond donors (Lipinski definition) is 2. The van der Waals surface area contributed by atoms with Crippen LogP contribution in [0.25, 0.3) is 0 Å². The monoisotopic (exact) mass is 312 g/mol. The molecule has 0 amide bonds. The Hall–Kier alpha value is -0.810. The molecule has 1 aromatic carbocycles. The molecule has 0 aliphatic carbocycles. The number of nitrogens with zero attached hydrogens (tertiary/aromatic N) is 1. The number of aliphatic hydroxyl groups excluding tert-OH is 1. The second-order valence-corrected chi connectivity index (χ2v) is 6.38. The number of nitrogens with two attached hydrogens (primary N) is 1. The predicted octanol–water partition coefficient (Wildman–Crippen LogP) is 2.58. The van der Waals surface area contributed by atoms with E-state index in [1.165, 1.54) is 12.8 Å². The number of ether oxygens (including phenoxy) is 1. The largest absolute Gasteiger partial charge is 0.489 e. The van der Waals surface area contributed by atoms with Crippen molar-refractivity contribution in [3.8, 4) is 5.75 Å². The molecule has 1 aromatic rings. The molecule has 21 heavy (non-hydrogen) atoms. The molecular formula is C16H25ClN2O2. The van der Waals surface area contributed by atoms with E-state index in [1.54, 1.807) is 12.1 Å². The van der Waals surface area contributed by atoms with Crippen LogP contribution in [0.4, 0.5) is 0 Å². The first kappa shape index (κ1) is 16.6. The van der Waals surface area contributed by atoms with Crippen molar-refractivity contribution >= 4 is 11.6 Å². The van der Waals surface area contributed by atoms with E-state index in [9.17, 15) is 5.11 Å². The molecule has 0 bridgehead atoms. The number of hydrogen-bond acceptors (Lipinski definition) is 4. The summed E-state index contributed by atoms with van der Waals surface area (Å²) in [5, 5.41) is 10.9. The molecule has 0 aromatic heterocycles. The van der Waals surface area contributed by atoms with Crippen LogP contribution in [0.3, 0.4) is 0 Å². The third-order valence-electron chi connectivity index (χ3n) is 3.73. The predicted molar refractivity (Wildman–Crippen MR) is 85.8 cm³/mol. The lowest BCUT2D eigenvalue weighted by molar-refractivity contribution is 0.125. The molecule has 2 rings (SSSR count). The minimum atomic E-state index is -0.712. The van der Waals surface area contributed by atoms with E-state index < -0.39 is 6.10 Å². The lowest BCUT2D eigenvalue weighted by Crippen LogP contribution is -2.40. The maximum absolute atomic E-state index is 10.4. The minimum absolute atomic E-state index is 0.0655. The van der Waals surface area contributed by atoms with Crippen LogP contribution < -0.4 is 10.5 Å². The van der Waals surface area contributed by atoms with Crippen molar-refractivity contribution in [3.05, 3.63) is 28.8 Å². The van der Waals surface area contributed by atoms with Crippen LogP contribution in [-0.2, 0) is 0 Å². The zero-order valence-corrected chi connectivity index (χ0v) is 13.5. The standard InChI is InChI=1S/C16H25ClN2O2/c1-11(2)21-15-6-5-12(9-13(15)17)16(20)14(18)10-19-7-3-4-8-19/h5-6,9,11,14,16,20H,3-4,7-8,10,18H2,1-2H3/t14-,16-/m1/s1. The van der Waals surface area contributed by atoms with Crippen LogP contribution in [0, 0.1) is 0 Å². The zero-order valence-electron chi connectivity index (χ0n) is 12.8. The second-order valence-electron chi connectivity index (χ2n) is 5.97. The van der Waals surface area contributed by atoms with Crippen molar-refractivity contribution in [3.63, 3.8) is 0 Å². The highest BCUT2D eigenvalue weighted by Gasteiger charge is 2.22. The van der Waals surface area contributed by atoms with Gasteiger partial charge in [-0.05, 0) is 57.5 Å². The van der Waals surface area contributed by atoms with E-state index >= 15 is 0 Å². The molecule has 4 nitrogen and oxygen atoms in total. The van der Waals surface area contributed by atoms with Crippen molar-refractivity contribution in [2.75, 3.05) is 19.6 Å². The van der Waals surface area contributed by atoms with Gasteiger partial charge in [0.1, 0.15) is 5.75 Å². The summed E-state index contributed by atoms with van der Waals surface area (Å²) in [7, 11) is 0. The highest BCUT2D eigenvalue weighted by atomic mass is 35.5. The van der Waals surface area contributed by atoms with Crippen LogP contribution in [0.1, 0.15) is 38.4 Å². The Labute approximate surface area is 131 Å². The fourth-order valence-electron chi connectivity index (χ4n) is 2.66. The summed E-state index contributed by atoms with van der Waals surface area (Å²) in [6.45, 7) is 6.75. The first-order valence-corrected chi connectivity index (χ1v) is 7.97. The van der Waals surface area contributed by atoms with Gasteiger partial charge in [-0.25, -0.2) is 0 Å². The fraction of sp³-hybridized carbons (Fsp3) is 0.625. The molecule has 118 valence electrons. The van der Waals surface area contributed by atoms with Crippen LogP contribution in [0.2, 0.25) is 5.02 Å². The highest BCUT2D eigenvalue weighted by Crippen LogP contribution is 2.29. The maximum Gasteiger partial charge on any atom is 0.138 e. The van der Waals surface area contributed by atoms with E-state index in [1.807, 2.05) is 19.9 Å². The molecule has 0 unspecified atom stereocenters. The lowest BCUT2D eigenvalue weighted by atomic mass is 10.0. The van der Waals surface area contributed by atoms with Crippen LogP contribution in [0.5, 0.6) is 5.75 Å². The summed E-state index contributed by atoms with van der Waals surface area (Å²) in [4.78, 5) is 2.30. The van der Waals surface area contributed by atoms with E-state index in [0.717, 1.165) is 18.7 Å². The normalized spacial score (nSPS) is 19.0. The molecule has 1 fully saturated rings. The molecule has 1 aliphatic heterocycles. The molecule has 0 spiro atoms. The van der Waals surface area contributed by atoms with Gasteiger partial charge < -0.3 is 20.5 Å². The molecule has 1 saturated heterocycles. The number of halogens is 1. The van der Waals surface area contributed by atoms with Crippen molar-refractivity contribution in [2.24, 2.45) is 5.73 Å². The molecule has 5 heteroatoms. The van der Waals surface area contributed by atoms with E-state index in [2.05, 4.69) is 4.90 Å². The van der Waals surface area contributed by atoms with Crippen molar-refractivity contribution < 1.29 is 9.84 Å². The Morgan fingerprint density at radius 2 is 2.00 bits per heavy atom. The van der Waals surface area contributed by atoms with Gasteiger partial charge in [0.05, 0.1) is 17.2 Å². The van der Waals surface area contributed by atoms with Gasteiger partial charge in [0.2, 0.25) is 0 Å². The van der Waals surface area contributed by atoms with Crippen molar-refractivity contribution in [1.29, 1.82) is 0 Å². The van der Waals surface area contributed by atoms with Crippen molar-refractivity contribution in [1.82, 2.24) is 4.90 Å². The van der Waals surface area contributed by atoms with Gasteiger partial charge in [-0.2, -0.15) is 0 Å². The van der Waals surface area contributed by atoms with Gasteiger partial charge in [-0.1, -0.05) is 17.7 Å². The summed E-state index contributed by atoms with van der Waals surface area (Å²) in [6.07, 6.45) is 1.79. The molecule has 1 aliphatic rings. The second kappa shape index (κ2) is 7.45. The molecule has 2 atom stereocenters. The molecule has 1 heterocycles. The Morgan fingerprint density at radius 3 is 2.57 bits per heavy atom. The SMILES string of the molecule is CC(C)Oc1ccc([C@@H](O)[C@H](N)CN2CCCC2)cc1Cl. The summed E-state index contributed by atoms with van der Waals surface area (Å²) >= 11 is 6.21. The number of aliphatic hydroxyl groups is 1. The summed E-state index contributed by atoms with van der Waals surface area (Å²) in [6, 6.07) is 5.06.